The minimum absolute atomic E-state index is 0.0389. The lowest BCUT2D eigenvalue weighted by molar-refractivity contribution is -0.120. The van der Waals surface area contributed by atoms with Gasteiger partial charge in [0.2, 0.25) is 5.91 Å². The lowest BCUT2D eigenvalue weighted by Gasteiger charge is -2.13. The summed E-state index contributed by atoms with van der Waals surface area (Å²) in [6.07, 6.45) is 1.55. The molecule has 96 valence electrons. The average Bonchev–Trinajstić information content (AvgIpc) is 2.77. The highest BCUT2D eigenvalue weighted by atomic mass is 32.2. The third kappa shape index (κ3) is 3.00. The summed E-state index contributed by atoms with van der Waals surface area (Å²) in [5, 5.41) is 6.62. The second-order valence-corrected chi connectivity index (χ2v) is 6.47. The molecule has 2 heterocycles. The van der Waals surface area contributed by atoms with Crippen LogP contribution in [0.3, 0.4) is 0 Å². The summed E-state index contributed by atoms with van der Waals surface area (Å²) in [6, 6.07) is 2.15. The first-order valence-electron chi connectivity index (χ1n) is 5.73. The van der Waals surface area contributed by atoms with E-state index in [0.717, 1.165) is 15.2 Å². The van der Waals surface area contributed by atoms with Crippen LogP contribution in [0.2, 0.25) is 0 Å². The largest absolute Gasteiger partial charge is 0.353 e. The van der Waals surface area contributed by atoms with Gasteiger partial charge in [-0.05, 0) is 32.2 Å². The van der Waals surface area contributed by atoms with E-state index in [1.54, 1.807) is 17.7 Å². The number of thiophene rings is 1. The van der Waals surface area contributed by atoms with E-state index in [2.05, 4.69) is 15.3 Å². The Morgan fingerprint density at radius 2 is 2.17 bits per heavy atom. The molecule has 0 saturated carbocycles. The number of nitrogens with zero attached hydrogens (tertiary/aromatic N) is 2. The highest BCUT2D eigenvalue weighted by molar-refractivity contribution is 8.00. The quantitative estimate of drug-likeness (QED) is 0.691. The average molecular weight is 281 g/mol. The summed E-state index contributed by atoms with van der Waals surface area (Å²) in [7, 11) is 0. The van der Waals surface area contributed by atoms with Gasteiger partial charge in [0.15, 0.2) is 0 Å². The topological polar surface area (TPSA) is 54.9 Å². The van der Waals surface area contributed by atoms with Crippen molar-refractivity contribution in [2.45, 2.75) is 37.1 Å². The maximum Gasteiger partial charge on any atom is 0.233 e. The Balaban J connectivity index is 2.13. The summed E-state index contributed by atoms with van der Waals surface area (Å²) >= 11 is 3.05. The SMILES string of the molecule is CC(C)NC(=O)C(C)Sc1ncnc2sccc12. The van der Waals surface area contributed by atoms with Crippen molar-refractivity contribution in [2.24, 2.45) is 0 Å². The Bertz CT molecular complexity index is 553. The molecular formula is C12H15N3OS2. The number of aromatic nitrogens is 2. The van der Waals surface area contributed by atoms with Crippen LogP contribution in [0, 0.1) is 0 Å². The smallest absolute Gasteiger partial charge is 0.233 e. The third-order valence-electron chi connectivity index (χ3n) is 2.31. The van der Waals surface area contributed by atoms with Crippen molar-refractivity contribution in [1.82, 2.24) is 15.3 Å². The van der Waals surface area contributed by atoms with Crippen LogP contribution < -0.4 is 5.32 Å². The van der Waals surface area contributed by atoms with E-state index in [1.165, 1.54) is 11.8 Å². The molecule has 0 aliphatic heterocycles. The number of thioether (sulfide) groups is 1. The molecule has 1 unspecified atom stereocenters. The fraction of sp³-hybridized carbons (Fsp3) is 0.417. The minimum atomic E-state index is -0.162. The Kier molecular flexibility index (Phi) is 4.19. The van der Waals surface area contributed by atoms with E-state index < -0.39 is 0 Å². The van der Waals surface area contributed by atoms with E-state index in [4.69, 9.17) is 0 Å². The van der Waals surface area contributed by atoms with Gasteiger partial charge in [0, 0.05) is 11.4 Å². The van der Waals surface area contributed by atoms with Gasteiger partial charge in [0.1, 0.15) is 16.2 Å². The van der Waals surface area contributed by atoms with E-state index in [9.17, 15) is 4.79 Å². The van der Waals surface area contributed by atoms with Gasteiger partial charge in [-0.1, -0.05) is 11.8 Å². The summed E-state index contributed by atoms with van der Waals surface area (Å²) in [5.74, 6) is 0.0389. The summed E-state index contributed by atoms with van der Waals surface area (Å²) < 4.78 is 0. The Morgan fingerprint density at radius 3 is 2.89 bits per heavy atom. The maximum absolute atomic E-state index is 11.9. The van der Waals surface area contributed by atoms with Crippen LogP contribution in [0.5, 0.6) is 0 Å². The molecule has 0 aromatic carbocycles. The molecule has 0 fully saturated rings. The van der Waals surface area contributed by atoms with Crippen LogP contribution in [0.15, 0.2) is 22.8 Å². The summed E-state index contributed by atoms with van der Waals surface area (Å²) in [4.78, 5) is 21.3. The zero-order chi connectivity index (χ0) is 13.1. The van der Waals surface area contributed by atoms with Crippen molar-refractivity contribution in [2.75, 3.05) is 0 Å². The monoisotopic (exact) mass is 281 g/mol. The zero-order valence-electron chi connectivity index (χ0n) is 10.5. The van der Waals surface area contributed by atoms with Gasteiger partial charge in [-0.25, -0.2) is 9.97 Å². The van der Waals surface area contributed by atoms with Crippen molar-refractivity contribution in [3.05, 3.63) is 17.8 Å². The van der Waals surface area contributed by atoms with E-state index in [-0.39, 0.29) is 17.2 Å². The lowest BCUT2D eigenvalue weighted by Crippen LogP contribution is -2.35. The molecule has 18 heavy (non-hydrogen) atoms. The predicted molar refractivity (Wildman–Crippen MR) is 76.0 cm³/mol. The number of hydrogen-bond donors (Lipinski definition) is 1. The molecule has 0 saturated heterocycles. The fourth-order valence-corrected chi connectivity index (χ4v) is 3.19. The van der Waals surface area contributed by atoms with E-state index >= 15 is 0 Å². The molecule has 0 radical (unpaired) electrons. The molecule has 4 nitrogen and oxygen atoms in total. The van der Waals surface area contributed by atoms with Crippen LogP contribution in [0.4, 0.5) is 0 Å². The number of fused-ring (bicyclic) bond motifs is 1. The molecule has 0 aliphatic rings. The second-order valence-electron chi connectivity index (χ2n) is 4.24. The van der Waals surface area contributed by atoms with Crippen molar-refractivity contribution < 1.29 is 4.79 Å². The van der Waals surface area contributed by atoms with Crippen molar-refractivity contribution in [1.29, 1.82) is 0 Å². The van der Waals surface area contributed by atoms with Crippen molar-refractivity contribution >= 4 is 39.2 Å². The molecule has 1 amide bonds. The number of carbonyl (C=O) groups excluding carboxylic acids is 1. The van der Waals surface area contributed by atoms with Gasteiger partial charge in [-0.2, -0.15) is 0 Å². The standard InChI is InChI=1S/C12H15N3OS2/c1-7(2)15-10(16)8(3)18-12-9-4-5-17-11(9)13-6-14-12/h4-8H,1-3H3,(H,15,16). The molecule has 0 bridgehead atoms. The van der Waals surface area contributed by atoms with Crippen LogP contribution in [-0.4, -0.2) is 27.2 Å². The molecule has 6 heteroatoms. The summed E-state index contributed by atoms with van der Waals surface area (Å²) in [6.45, 7) is 5.80. The Hall–Kier alpha value is -1.14. The summed E-state index contributed by atoms with van der Waals surface area (Å²) in [5.41, 5.74) is 0. The van der Waals surface area contributed by atoms with E-state index in [1.807, 2.05) is 32.2 Å². The molecule has 2 aromatic heterocycles. The molecule has 2 rings (SSSR count). The fourth-order valence-electron chi connectivity index (χ4n) is 1.48. The first-order valence-corrected chi connectivity index (χ1v) is 7.49. The van der Waals surface area contributed by atoms with Crippen LogP contribution >= 0.6 is 23.1 Å². The first-order chi connectivity index (χ1) is 8.58. The van der Waals surface area contributed by atoms with Crippen LogP contribution in [0.1, 0.15) is 20.8 Å². The van der Waals surface area contributed by atoms with Crippen LogP contribution in [-0.2, 0) is 4.79 Å². The number of amides is 1. The van der Waals surface area contributed by atoms with Gasteiger partial charge >= 0.3 is 0 Å². The number of rotatable bonds is 4. The Morgan fingerprint density at radius 1 is 1.39 bits per heavy atom. The van der Waals surface area contributed by atoms with Crippen molar-refractivity contribution in [3.8, 4) is 0 Å². The van der Waals surface area contributed by atoms with Gasteiger partial charge in [-0.3, -0.25) is 4.79 Å². The molecule has 1 atom stereocenters. The minimum Gasteiger partial charge on any atom is -0.353 e. The highest BCUT2D eigenvalue weighted by Gasteiger charge is 2.17. The third-order valence-corrected chi connectivity index (χ3v) is 4.25. The van der Waals surface area contributed by atoms with Gasteiger partial charge in [0.05, 0.1) is 5.25 Å². The zero-order valence-corrected chi connectivity index (χ0v) is 12.1. The number of hydrogen-bond acceptors (Lipinski definition) is 5. The second kappa shape index (κ2) is 5.67. The number of carbonyl (C=O) groups is 1. The van der Waals surface area contributed by atoms with Gasteiger partial charge in [0.25, 0.3) is 0 Å². The van der Waals surface area contributed by atoms with Crippen molar-refractivity contribution in [3.63, 3.8) is 0 Å². The molecule has 0 spiro atoms. The maximum atomic E-state index is 11.9. The number of nitrogens with one attached hydrogen (secondary N) is 1. The molecule has 2 aromatic rings. The lowest BCUT2D eigenvalue weighted by atomic mass is 10.3. The normalized spacial score (nSPS) is 12.9. The first kappa shape index (κ1) is 13.3. The van der Waals surface area contributed by atoms with E-state index in [0.29, 0.717) is 0 Å². The highest BCUT2D eigenvalue weighted by Crippen LogP contribution is 2.30. The molecule has 1 N–H and O–H groups in total. The van der Waals surface area contributed by atoms with Gasteiger partial charge in [-0.15, -0.1) is 11.3 Å². The molecular weight excluding hydrogens is 266 g/mol. The Labute approximate surface area is 114 Å². The predicted octanol–water partition coefficient (Wildman–Crippen LogP) is 2.70. The van der Waals surface area contributed by atoms with Gasteiger partial charge < -0.3 is 5.32 Å². The van der Waals surface area contributed by atoms with Crippen LogP contribution in [0.25, 0.3) is 10.2 Å². The molecule has 0 aliphatic carbocycles.